The lowest BCUT2D eigenvalue weighted by molar-refractivity contribution is -0.0498. The van der Waals surface area contributed by atoms with E-state index in [9.17, 15) is 8.78 Å². The SMILES string of the molecule is FC(F)Oc1ccc(-c2cn3cc(-c4ccccc4)n4c3c2CCCC4)cc1. The van der Waals surface area contributed by atoms with E-state index in [0.29, 0.717) is 0 Å². The molecule has 0 spiro atoms. The van der Waals surface area contributed by atoms with Crippen LogP contribution in [0.25, 0.3) is 28.0 Å². The number of rotatable bonds is 4. The average molecular weight is 378 g/mol. The molecule has 5 heteroatoms. The van der Waals surface area contributed by atoms with E-state index in [4.69, 9.17) is 0 Å². The highest BCUT2D eigenvalue weighted by atomic mass is 19.3. The van der Waals surface area contributed by atoms with Gasteiger partial charge in [0.25, 0.3) is 0 Å². The van der Waals surface area contributed by atoms with Gasteiger partial charge in [-0.3, -0.25) is 0 Å². The molecule has 0 unspecified atom stereocenters. The zero-order chi connectivity index (χ0) is 19.1. The molecule has 0 N–H and O–H groups in total. The summed E-state index contributed by atoms with van der Waals surface area (Å²) in [7, 11) is 0. The van der Waals surface area contributed by atoms with E-state index < -0.39 is 6.61 Å². The number of ether oxygens (including phenoxy) is 1. The topological polar surface area (TPSA) is 18.6 Å². The molecule has 28 heavy (non-hydrogen) atoms. The Labute approximate surface area is 161 Å². The van der Waals surface area contributed by atoms with E-state index in [1.54, 1.807) is 12.1 Å². The summed E-state index contributed by atoms with van der Waals surface area (Å²) in [5.74, 6) is 0.184. The largest absolute Gasteiger partial charge is 0.435 e. The van der Waals surface area contributed by atoms with Crippen LogP contribution in [0.15, 0.2) is 67.0 Å². The van der Waals surface area contributed by atoms with Crippen molar-refractivity contribution in [1.82, 2.24) is 8.97 Å². The van der Waals surface area contributed by atoms with E-state index >= 15 is 0 Å². The zero-order valence-electron chi connectivity index (χ0n) is 15.3. The first-order valence-electron chi connectivity index (χ1n) is 9.54. The minimum absolute atomic E-state index is 0.184. The Morgan fingerprint density at radius 2 is 1.64 bits per heavy atom. The summed E-state index contributed by atoms with van der Waals surface area (Å²) in [6.45, 7) is -1.80. The van der Waals surface area contributed by atoms with Crippen molar-refractivity contribution in [2.75, 3.05) is 0 Å². The number of imidazole rings is 1. The fourth-order valence-electron chi connectivity index (χ4n) is 4.22. The van der Waals surface area contributed by atoms with Gasteiger partial charge in [0.05, 0.1) is 5.69 Å². The summed E-state index contributed by atoms with van der Waals surface area (Å²) >= 11 is 0. The van der Waals surface area contributed by atoms with Crippen LogP contribution < -0.4 is 4.74 Å². The number of alkyl halides is 2. The molecule has 4 aromatic rings. The molecule has 2 aromatic carbocycles. The standard InChI is InChI=1S/C23H20F2N2O/c24-23(25)28-18-11-9-16(10-12-18)20-14-26-15-21(17-6-2-1-3-7-17)27-13-5-4-8-19(20)22(26)27/h1-3,6-7,9-12,14-15,23H,4-5,8,13H2. The first kappa shape index (κ1) is 17.0. The molecule has 0 aliphatic carbocycles. The number of hydrogen-bond donors (Lipinski definition) is 0. The van der Waals surface area contributed by atoms with Crippen LogP contribution in [0.2, 0.25) is 0 Å². The first-order valence-corrected chi connectivity index (χ1v) is 9.54. The zero-order valence-corrected chi connectivity index (χ0v) is 15.3. The summed E-state index contributed by atoms with van der Waals surface area (Å²) in [4.78, 5) is 0. The monoisotopic (exact) mass is 378 g/mol. The highest BCUT2D eigenvalue weighted by Crippen LogP contribution is 2.36. The maximum atomic E-state index is 12.4. The molecule has 0 radical (unpaired) electrons. The van der Waals surface area contributed by atoms with E-state index in [1.165, 1.54) is 22.5 Å². The van der Waals surface area contributed by atoms with Crippen molar-refractivity contribution in [3.05, 3.63) is 72.6 Å². The number of aryl methyl sites for hydroxylation is 2. The van der Waals surface area contributed by atoms with Gasteiger partial charge in [-0.25, -0.2) is 0 Å². The maximum absolute atomic E-state index is 12.4. The highest BCUT2D eigenvalue weighted by molar-refractivity contribution is 5.78. The number of nitrogens with zero attached hydrogens (tertiary/aromatic N) is 2. The van der Waals surface area contributed by atoms with Gasteiger partial charge in [-0.2, -0.15) is 8.78 Å². The summed E-state index contributed by atoms with van der Waals surface area (Å²) in [5.41, 5.74) is 7.19. The summed E-state index contributed by atoms with van der Waals surface area (Å²) in [6, 6.07) is 17.4. The lowest BCUT2D eigenvalue weighted by atomic mass is 10.0. The fraction of sp³-hybridized carbons (Fsp3) is 0.217. The number of halogens is 2. The molecule has 1 aliphatic heterocycles. The molecular formula is C23H20F2N2O. The molecule has 0 saturated heterocycles. The molecule has 3 heterocycles. The number of hydrogen-bond acceptors (Lipinski definition) is 1. The molecule has 0 saturated carbocycles. The van der Waals surface area contributed by atoms with Crippen LogP contribution in [0.3, 0.4) is 0 Å². The molecule has 0 atom stereocenters. The van der Waals surface area contributed by atoms with Crippen molar-refractivity contribution in [2.24, 2.45) is 0 Å². The minimum Gasteiger partial charge on any atom is -0.435 e. The third-order valence-electron chi connectivity index (χ3n) is 5.43. The smallest absolute Gasteiger partial charge is 0.387 e. The van der Waals surface area contributed by atoms with Crippen molar-refractivity contribution >= 4 is 5.65 Å². The second-order valence-corrected chi connectivity index (χ2v) is 7.14. The van der Waals surface area contributed by atoms with Gasteiger partial charge in [0.2, 0.25) is 0 Å². The minimum atomic E-state index is -2.80. The van der Waals surface area contributed by atoms with Gasteiger partial charge >= 0.3 is 6.61 Å². The Balaban J connectivity index is 1.62. The predicted molar refractivity (Wildman–Crippen MR) is 106 cm³/mol. The maximum Gasteiger partial charge on any atom is 0.387 e. The lowest BCUT2D eigenvalue weighted by Gasteiger charge is -2.08. The molecule has 0 amide bonds. The van der Waals surface area contributed by atoms with Gasteiger partial charge < -0.3 is 13.7 Å². The van der Waals surface area contributed by atoms with Crippen molar-refractivity contribution in [2.45, 2.75) is 32.4 Å². The van der Waals surface area contributed by atoms with Crippen molar-refractivity contribution < 1.29 is 13.5 Å². The van der Waals surface area contributed by atoms with E-state index in [2.05, 4.69) is 50.4 Å². The Morgan fingerprint density at radius 3 is 2.39 bits per heavy atom. The van der Waals surface area contributed by atoms with E-state index in [-0.39, 0.29) is 5.75 Å². The van der Waals surface area contributed by atoms with Crippen molar-refractivity contribution in [3.63, 3.8) is 0 Å². The van der Waals surface area contributed by atoms with Gasteiger partial charge in [0, 0.05) is 30.1 Å². The Bertz CT molecular complexity index is 1110. The molecule has 3 nitrogen and oxygen atoms in total. The average Bonchev–Trinajstić information content (AvgIpc) is 3.13. The van der Waals surface area contributed by atoms with Crippen LogP contribution in [-0.4, -0.2) is 15.6 Å². The molecule has 0 bridgehead atoms. The summed E-state index contributed by atoms with van der Waals surface area (Å²) in [5, 5.41) is 0. The molecule has 5 rings (SSSR count). The van der Waals surface area contributed by atoms with E-state index in [0.717, 1.165) is 36.9 Å². The summed E-state index contributed by atoms with van der Waals surface area (Å²) in [6.07, 6.45) is 7.63. The molecule has 2 aromatic heterocycles. The molecular weight excluding hydrogens is 358 g/mol. The van der Waals surface area contributed by atoms with Crippen molar-refractivity contribution in [3.8, 4) is 28.1 Å². The number of aromatic nitrogens is 2. The van der Waals surface area contributed by atoms with Gasteiger partial charge in [-0.15, -0.1) is 0 Å². The highest BCUT2D eigenvalue weighted by Gasteiger charge is 2.21. The third-order valence-corrected chi connectivity index (χ3v) is 5.43. The molecule has 1 aliphatic rings. The van der Waals surface area contributed by atoms with Crippen LogP contribution in [0, 0.1) is 0 Å². The van der Waals surface area contributed by atoms with Gasteiger partial charge in [0.1, 0.15) is 11.4 Å². The van der Waals surface area contributed by atoms with Gasteiger partial charge in [-0.1, -0.05) is 42.5 Å². The second-order valence-electron chi connectivity index (χ2n) is 7.14. The van der Waals surface area contributed by atoms with Gasteiger partial charge in [0.15, 0.2) is 0 Å². The normalized spacial score (nSPS) is 13.8. The first-order chi connectivity index (χ1) is 13.7. The van der Waals surface area contributed by atoms with Crippen LogP contribution in [0.5, 0.6) is 5.75 Å². The second kappa shape index (κ2) is 6.82. The molecule has 142 valence electrons. The summed E-state index contributed by atoms with van der Waals surface area (Å²) < 4.78 is 33.9. The van der Waals surface area contributed by atoms with Crippen LogP contribution in [0.4, 0.5) is 8.78 Å². The van der Waals surface area contributed by atoms with E-state index in [1.807, 2.05) is 18.2 Å². The van der Waals surface area contributed by atoms with Crippen LogP contribution in [-0.2, 0) is 13.0 Å². The Hall–Kier alpha value is -3.08. The molecule has 0 fully saturated rings. The van der Waals surface area contributed by atoms with Crippen LogP contribution >= 0.6 is 0 Å². The van der Waals surface area contributed by atoms with Crippen molar-refractivity contribution in [1.29, 1.82) is 0 Å². The van der Waals surface area contributed by atoms with Gasteiger partial charge in [-0.05, 0) is 42.5 Å². The predicted octanol–water partition coefficient (Wildman–Crippen LogP) is 6.01. The Kier molecular flexibility index (Phi) is 4.15. The Morgan fingerprint density at radius 1 is 0.857 bits per heavy atom. The van der Waals surface area contributed by atoms with Crippen LogP contribution in [0.1, 0.15) is 18.4 Å². The third kappa shape index (κ3) is 2.87. The number of benzene rings is 2. The quantitative estimate of drug-likeness (QED) is 0.425. The fourth-order valence-corrected chi connectivity index (χ4v) is 4.22. The lowest BCUT2D eigenvalue weighted by Crippen LogP contribution is -2.01.